The van der Waals surface area contributed by atoms with Crippen molar-refractivity contribution in [1.29, 1.82) is 0 Å². The standard InChI is InChI=1S/C9H12N6O2S/c1-15-4-12-14-6(15)2-11-9-13-5(3-18-9)7(10)8(16)17/h3-4,7H,2,10H2,1H3,(H,11,13)(H,16,17). The van der Waals surface area contributed by atoms with Gasteiger partial charge in [0.25, 0.3) is 0 Å². The van der Waals surface area contributed by atoms with Crippen molar-refractivity contribution in [3.63, 3.8) is 0 Å². The zero-order valence-electron chi connectivity index (χ0n) is 9.57. The monoisotopic (exact) mass is 268 g/mol. The van der Waals surface area contributed by atoms with Gasteiger partial charge < -0.3 is 20.7 Å². The lowest BCUT2D eigenvalue weighted by molar-refractivity contribution is -0.138. The van der Waals surface area contributed by atoms with Gasteiger partial charge in [0.1, 0.15) is 12.4 Å². The van der Waals surface area contributed by atoms with E-state index in [4.69, 9.17) is 10.8 Å². The summed E-state index contributed by atoms with van der Waals surface area (Å²) in [6, 6.07) is -1.09. The summed E-state index contributed by atoms with van der Waals surface area (Å²) < 4.78 is 1.78. The summed E-state index contributed by atoms with van der Waals surface area (Å²) in [5.74, 6) is -0.338. The van der Waals surface area contributed by atoms with Crippen LogP contribution >= 0.6 is 11.3 Å². The molecule has 18 heavy (non-hydrogen) atoms. The second-order valence-electron chi connectivity index (χ2n) is 3.61. The first-order valence-electron chi connectivity index (χ1n) is 5.08. The van der Waals surface area contributed by atoms with Gasteiger partial charge in [-0.1, -0.05) is 0 Å². The topological polar surface area (TPSA) is 119 Å². The molecule has 2 rings (SSSR count). The molecule has 0 aliphatic carbocycles. The Labute approximate surface area is 106 Å². The fraction of sp³-hybridized carbons (Fsp3) is 0.333. The predicted octanol–water partition coefficient (Wildman–Crippen LogP) is -0.0319. The second-order valence-corrected chi connectivity index (χ2v) is 4.46. The summed E-state index contributed by atoms with van der Waals surface area (Å²) >= 11 is 1.30. The number of hydrogen-bond donors (Lipinski definition) is 3. The number of nitrogens with zero attached hydrogens (tertiary/aromatic N) is 4. The number of carboxylic acids is 1. The molecule has 2 aromatic heterocycles. The smallest absolute Gasteiger partial charge is 0.326 e. The Morgan fingerprint density at radius 3 is 3.11 bits per heavy atom. The molecule has 0 aromatic carbocycles. The zero-order valence-corrected chi connectivity index (χ0v) is 10.4. The van der Waals surface area contributed by atoms with Gasteiger partial charge in [0, 0.05) is 12.4 Å². The lowest BCUT2D eigenvalue weighted by Gasteiger charge is -2.02. The van der Waals surface area contributed by atoms with Crippen molar-refractivity contribution < 1.29 is 9.90 Å². The molecule has 0 saturated heterocycles. The Hall–Kier alpha value is -2.00. The minimum atomic E-state index is -1.10. The summed E-state index contributed by atoms with van der Waals surface area (Å²) in [6.45, 7) is 0.464. The van der Waals surface area contributed by atoms with E-state index in [1.807, 2.05) is 7.05 Å². The molecule has 0 spiro atoms. The van der Waals surface area contributed by atoms with E-state index in [-0.39, 0.29) is 0 Å². The van der Waals surface area contributed by atoms with Crippen LogP contribution in [0.2, 0.25) is 0 Å². The van der Waals surface area contributed by atoms with E-state index in [2.05, 4.69) is 20.5 Å². The third kappa shape index (κ3) is 2.63. The van der Waals surface area contributed by atoms with Gasteiger partial charge in [-0.15, -0.1) is 21.5 Å². The maximum absolute atomic E-state index is 10.7. The van der Waals surface area contributed by atoms with Crippen molar-refractivity contribution in [3.8, 4) is 0 Å². The van der Waals surface area contributed by atoms with Gasteiger partial charge in [-0.05, 0) is 0 Å². The molecular weight excluding hydrogens is 256 g/mol. The molecule has 0 amide bonds. The number of anilines is 1. The summed E-state index contributed by atoms with van der Waals surface area (Å²) in [4.78, 5) is 14.8. The summed E-state index contributed by atoms with van der Waals surface area (Å²) in [5.41, 5.74) is 5.80. The summed E-state index contributed by atoms with van der Waals surface area (Å²) in [6.07, 6.45) is 1.60. The van der Waals surface area contributed by atoms with Gasteiger partial charge in [-0.25, -0.2) is 4.98 Å². The van der Waals surface area contributed by atoms with E-state index in [1.165, 1.54) is 11.3 Å². The molecular formula is C9H12N6O2S. The number of nitrogens with one attached hydrogen (secondary N) is 1. The molecule has 1 atom stereocenters. The molecule has 0 bridgehead atoms. The number of carbonyl (C=O) groups is 1. The number of nitrogens with two attached hydrogens (primary N) is 1. The van der Waals surface area contributed by atoms with Crippen LogP contribution in [0.1, 0.15) is 17.6 Å². The number of thiazole rings is 1. The Morgan fingerprint density at radius 2 is 2.50 bits per heavy atom. The largest absolute Gasteiger partial charge is 0.480 e. The molecule has 96 valence electrons. The maximum Gasteiger partial charge on any atom is 0.326 e. The van der Waals surface area contributed by atoms with E-state index in [1.54, 1.807) is 16.3 Å². The van der Waals surface area contributed by atoms with E-state index < -0.39 is 12.0 Å². The van der Waals surface area contributed by atoms with Crippen LogP contribution in [0.25, 0.3) is 0 Å². The highest BCUT2D eigenvalue weighted by atomic mass is 32.1. The Bertz CT molecular complexity index is 551. The molecule has 2 aromatic rings. The molecule has 0 radical (unpaired) electrons. The van der Waals surface area contributed by atoms with Gasteiger partial charge >= 0.3 is 5.97 Å². The minimum absolute atomic E-state index is 0.341. The van der Waals surface area contributed by atoms with Gasteiger partial charge in [-0.3, -0.25) is 4.79 Å². The maximum atomic E-state index is 10.7. The molecule has 8 nitrogen and oxygen atoms in total. The van der Waals surface area contributed by atoms with E-state index >= 15 is 0 Å². The first kappa shape index (κ1) is 12.5. The van der Waals surface area contributed by atoms with Crippen LogP contribution in [-0.4, -0.2) is 30.8 Å². The molecule has 4 N–H and O–H groups in total. The van der Waals surface area contributed by atoms with Gasteiger partial charge in [0.15, 0.2) is 11.0 Å². The Kier molecular flexibility index (Phi) is 3.53. The molecule has 0 saturated carbocycles. The normalized spacial score (nSPS) is 12.3. The van der Waals surface area contributed by atoms with Crippen molar-refractivity contribution >= 4 is 22.4 Å². The van der Waals surface area contributed by atoms with Crippen LogP contribution in [0.15, 0.2) is 11.7 Å². The number of hydrogen-bond acceptors (Lipinski definition) is 7. The van der Waals surface area contributed by atoms with Gasteiger partial charge in [0.2, 0.25) is 0 Å². The van der Waals surface area contributed by atoms with E-state index in [0.717, 1.165) is 5.82 Å². The first-order valence-corrected chi connectivity index (χ1v) is 5.96. The third-order valence-electron chi connectivity index (χ3n) is 2.31. The van der Waals surface area contributed by atoms with Crippen LogP contribution in [-0.2, 0) is 18.4 Å². The average molecular weight is 268 g/mol. The van der Waals surface area contributed by atoms with Crippen LogP contribution in [0.5, 0.6) is 0 Å². The van der Waals surface area contributed by atoms with Crippen molar-refractivity contribution in [3.05, 3.63) is 23.2 Å². The SMILES string of the molecule is Cn1cnnc1CNc1nc(C(N)C(=O)O)cs1. The average Bonchev–Trinajstić information content (AvgIpc) is 2.94. The highest BCUT2D eigenvalue weighted by molar-refractivity contribution is 7.13. The molecule has 9 heteroatoms. The first-order chi connectivity index (χ1) is 8.58. The van der Waals surface area contributed by atoms with Crippen molar-refractivity contribution in [1.82, 2.24) is 19.7 Å². The summed E-state index contributed by atoms with van der Waals surface area (Å²) in [7, 11) is 1.84. The lowest BCUT2D eigenvalue weighted by Crippen LogP contribution is -2.20. The number of aromatic nitrogens is 4. The lowest BCUT2D eigenvalue weighted by atomic mass is 10.2. The van der Waals surface area contributed by atoms with E-state index in [9.17, 15) is 4.79 Å². The number of carboxylic acid groups (broad SMARTS) is 1. The molecule has 1 unspecified atom stereocenters. The molecule has 0 aliphatic heterocycles. The quantitative estimate of drug-likeness (QED) is 0.696. The van der Waals surface area contributed by atoms with Gasteiger partial charge in [0.05, 0.1) is 12.2 Å². The van der Waals surface area contributed by atoms with Crippen molar-refractivity contribution in [2.24, 2.45) is 12.8 Å². The van der Waals surface area contributed by atoms with Crippen LogP contribution in [0, 0.1) is 0 Å². The fourth-order valence-corrected chi connectivity index (χ4v) is 2.00. The minimum Gasteiger partial charge on any atom is -0.480 e. The molecule has 2 heterocycles. The zero-order chi connectivity index (χ0) is 13.1. The predicted molar refractivity (Wildman–Crippen MR) is 65.0 cm³/mol. The van der Waals surface area contributed by atoms with Crippen molar-refractivity contribution in [2.75, 3.05) is 5.32 Å². The number of aliphatic carboxylic acids is 1. The van der Waals surface area contributed by atoms with Crippen LogP contribution in [0.4, 0.5) is 5.13 Å². The Morgan fingerprint density at radius 1 is 1.72 bits per heavy atom. The Balaban J connectivity index is 1.99. The highest BCUT2D eigenvalue weighted by Crippen LogP contribution is 2.20. The number of rotatable bonds is 5. The van der Waals surface area contributed by atoms with E-state index in [0.29, 0.717) is 17.4 Å². The van der Waals surface area contributed by atoms with Crippen molar-refractivity contribution in [2.45, 2.75) is 12.6 Å². The highest BCUT2D eigenvalue weighted by Gasteiger charge is 2.17. The molecule has 0 fully saturated rings. The molecule has 0 aliphatic rings. The van der Waals surface area contributed by atoms with Crippen LogP contribution < -0.4 is 11.1 Å². The number of aryl methyl sites for hydroxylation is 1. The second kappa shape index (κ2) is 5.10. The summed E-state index contributed by atoms with van der Waals surface area (Å²) in [5, 5.41) is 21.7. The van der Waals surface area contributed by atoms with Gasteiger partial charge in [-0.2, -0.15) is 0 Å². The fourth-order valence-electron chi connectivity index (χ4n) is 1.26. The third-order valence-corrected chi connectivity index (χ3v) is 3.13. The van der Waals surface area contributed by atoms with Crippen LogP contribution in [0.3, 0.4) is 0 Å².